The first-order valence-electron chi connectivity index (χ1n) is 7.37. The first kappa shape index (κ1) is 13.8. The number of methoxy groups -OCH3 is 1. The average molecular weight is 310 g/mol. The van der Waals surface area contributed by atoms with E-state index in [-0.39, 0.29) is 11.8 Å². The summed E-state index contributed by atoms with van der Waals surface area (Å²) in [6, 6.07) is 9.49. The molecule has 6 nitrogen and oxygen atoms in total. The minimum Gasteiger partial charge on any atom is -0.497 e. The summed E-state index contributed by atoms with van der Waals surface area (Å²) in [5.74, 6) is -0.270. The second-order valence-electron chi connectivity index (χ2n) is 5.60. The van der Waals surface area contributed by atoms with Gasteiger partial charge in [-0.2, -0.15) is 0 Å². The third-order valence-electron chi connectivity index (χ3n) is 4.26. The molecular formula is C17H14N2O4. The van der Waals surface area contributed by atoms with Gasteiger partial charge in [0.1, 0.15) is 11.4 Å². The van der Waals surface area contributed by atoms with Crippen molar-refractivity contribution in [2.75, 3.05) is 7.11 Å². The normalized spacial score (nSPS) is 18.4. The van der Waals surface area contributed by atoms with Crippen molar-refractivity contribution in [2.24, 2.45) is 0 Å². The molecule has 4 rings (SSSR count). The van der Waals surface area contributed by atoms with Crippen LogP contribution in [-0.2, 0) is 9.59 Å². The van der Waals surface area contributed by atoms with Crippen molar-refractivity contribution in [3.8, 4) is 5.75 Å². The van der Waals surface area contributed by atoms with Gasteiger partial charge in [0.25, 0.3) is 0 Å². The lowest BCUT2D eigenvalue weighted by molar-refractivity contribution is -0.134. The van der Waals surface area contributed by atoms with Crippen molar-refractivity contribution in [1.29, 1.82) is 0 Å². The molecule has 0 aliphatic carbocycles. The fourth-order valence-electron chi connectivity index (χ4n) is 3.09. The fourth-order valence-corrected chi connectivity index (χ4v) is 3.09. The first-order valence-corrected chi connectivity index (χ1v) is 7.37. The summed E-state index contributed by atoms with van der Waals surface area (Å²) in [5, 5.41) is 9.23. The van der Waals surface area contributed by atoms with Crippen molar-refractivity contribution >= 4 is 33.6 Å². The number of hydrogen-bond donors (Lipinski definition) is 1. The van der Waals surface area contributed by atoms with Gasteiger partial charge in [0.15, 0.2) is 5.58 Å². The number of nitrogens with zero attached hydrogens (tertiary/aromatic N) is 1. The van der Waals surface area contributed by atoms with Gasteiger partial charge in [0.2, 0.25) is 11.8 Å². The van der Waals surface area contributed by atoms with Crippen LogP contribution in [0.4, 0.5) is 0 Å². The summed E-state index contributed by atoms with van der Waals surface area (Å²) in [6.45, 7) is 0. The quantitative estimate of drug-likeness (QED) is 0.736. The number of aromatic nitrogens is 1. The highest BCUT2D eigenvalue weighted by atomic mass is 16.5. The lowest BCUT2D eigenvalue weighted by Crippen LogP contribution is -2.39. The van der Waals surface area contributed by atoms with Gasteiger partial charge in [0, 0.05) is 6.42 Å². The van der Waals surface area contributed by atoms with E-state index in [1.165, 1.54) is 0 Å². The first-order chi connectivity index (χ1) is 11.2. The zero-order chi connectivity index (χ0) is 16.0. The molecule has 1 atom stereocenters. The number of hydrogen-bond acceptors (Lipinski definition) is 5. The molecule has 3 aromatic rings. The molecule has 23 heavy (non-hydrogen) atoms. The Bertz CT molecular complexity index is 944. The van der Waals surface area contributed by atoms with E-state index >= 15 is 0 Å². The molecule has 1 N–H and O–H groups in total. The zero-order valence-electron chi connectivity index (χ0n) is 12.5. The molecule has 0 bridgehead atoms. The maximum atomic E-state index is 12.1. The van der Waals surface area contributed by atoms with Gasteiger partial charge >= 0.3 is 0 Å². The standard InChI is InChI=1S/C17H14N2O4/c1-22-10-3-4-11-9(8-10)2-6-13-15(11)16(19-23-13)12-5-7-14(20)18-17(12)21/h2-4,6,8,12H,5,7H2,1H3,(H,18,20,21). The number of nitrogens with one attached hydrogen (secondary N) is 1. The van der Waals surface area contributed by atoms with Gasteiger partial charge in [0.05, 0.1) is 18.4 Å². The van der Waals surface area contributed by atoms with Crippen molar-refractivity contribution < 1.29 is 18.8 Å². The van der Waals surface area contributed by atoms with E-state index in [9.17, 15) is 9.59 Å². The number of ether oxygens (including phenoxy) is 1. The highest BCUT2D eigenvalue weighted by Crippen LogP contribution is 2.35. The predicted molar refractivity (Wildman–Crippen MR) is 83.2 cm³/mol. The molecule has 1 unspecified atom stereocenters. The maximum Gasteiger partial charge on any atom is 0.235 e. The Kier molecular flexibility index (Phi) is 3.04. The second-order valence-corrected chi connectivity index (χ2v) is 5.60. The topological polar surface area (TPSA) is 81.4 Å². The molecule has 1 saturated heterocycles. The summed E-state index contributed by atoms with van der Waals surface area (Å²) in [5.41, 5.74) is 1.21. The predicted octanol–water partition coefficient (Wildman–Crippen LogP) is 2.51. The summed E-state index contributed by atoms with van der Waals surface area (Å²) in [6.07, 6.45) is 0.752. The van der Waals surface area contributed by atoms with Crippen molar-refractivity contribution in [1.82, 2.24) is 10.5 Å². The summed E-state index contributed by atoms with van der Waals surface area (Å²) in [7, 11) is 1.62. The van der Waals surface area contributed by atoms with E-state index in [2.05, 4.69) is 10.5 Å². The average Bonchev–Trinajstić information content (AvgIpc) is 2.98. The van der Waals surface area contributed by atoms with Crippen LogP contribution >= 0.6 is 0 Å². The van der Waals surface area contributed by atoms with Crippen LogP contribution < -0.4 is 10.1 Å². The van der Waals surface area contributed by atoms with Crippen LogP contribution in [0.15, 0.2) is 34.9 Å². The number of carbonyl (C=O) groups is 2. The van der Waals surface area contributed by atoms with Crippen LogP contribution in [0.5, 0.6) is 5.75 Å². The molecule has 2 heterocycles. The monoisotopic (exact) mass is 310 g/mol. The third-order valence-corrected chi connectivity index (χ3v) is 4.26. The van der Waals surface area contributed by atoms with E-state index in [1.54, 1.807) is 7.11 Å². The Hall–Kier alpha value is -2.89. The largest absolute Gasteiger partial charge is 0.497 e. The number of carbonyl (C=O) groups excluding carboxylic acids is 2. The number of amides is 2. The van der Waals surface area contributed by atoms with E-state index in [4.69, 9.17) is 9.26 Å². The van der Waals surface area contributed by atoms with Crippen molar-refractivity contribution in [3.63, 3.8) is 0 Å². The maximum absolute atomic E-state index is 12.1. The van der Waals surface area contributed by atoms with Gasteiger partial charge in [-0.15, -0.1) is 0 Å². The Morgan fingerprint density at radius 1 is 1.26 bits per heavy atom. The zero-order valence-corrected chi connectivity index (χ0v) is 12.5. The molecular weight excluding hydrogens is 296 g/mol. The minimum absolute atomic E-state index is 0.242. The lowest BCUT2D eigenvalue weighted by atomic mass is 9.91. The second kappa shape index (κ2) is 5.08. The number of rotatable bonds is 2. The van der Waals surface area contributed by atoms with Crippen LogP contribution in [-0.4, -0.2) is 24.1 Å². The Morgan fingerprint density at radius 3 is 2.91 bits per heavy atom. The lowest BCUT2D eigenvalue weighted by Gasteiger charge is -2.19. The highest BCUT2D eigenvalue weighted by Gasteiger charge is 2.32. The Labute approximate surface area is 131 Å². The van der Waals surface area contributed by atoms with Gasteiger partial charge in [-0.05, 0) is 41.5 Å². The molecule has 116 valence electrons. The molecule has 0 radical (unpaired) electrons. The van der Waals surface area contributed by atoms with Crippen LogP contribution in [0.2, 0.25) is 0 Å². The number of benzene rings is 2. The van der Waals surface area contributed by atoms with Crippen LogP contribution in [0.3, 0.4) is 0 Å². The molecule has 0 spiro atoms. The number of piperidine rings is 1. The van der Waals surface area contributed by atoms with E-state index in [0.717, 1.165) is 21.9 Å². The van der Waals surface area contributed by atoms with Gasteiger partial charge in [-0.3, -0.25) is 14.9 Å². The Balaban J connectivity index is 1.92. The fraction of sp³-hybridized carbons (Fsp3) is 0.235. The van der Waals surface area contributed by atoms with Crippen LogP contribution in [0, 0.1) is 0 Å². The van der Waals surface area contributed by atoms with Gasteiger partial charge < -0.3 is 9.26 Å². The van der Waals surface area contributed by atoms with Crippen molar-refractivity contribution in [2.45, 2.75) is 18.8 Å². The smallest absolute Gasteiger partial charge is 0.235 e. The molecule has 1 aliphatic rings. The molecule has 2 amide bonds. The molecule has 1 aliphatic heterocycles. The SMILES string of the molecule is COc1ccc2c(ccc3onc(C4CCC(=O)NC4=O)c32)c1. The van der Waals surface area contributed by atoms with E-state index < -0.39 is 5.92 Å². The van der Waals surface area contributed by atoms with E-state index in [0.29, 0.717) is 24.1 Å². The van der Waals surface area contributed by atoms with Crippen LogP contribution in [0.1, 0.15) is 24.5 Å². The summed E-state index contributed by atoms with van der Waals surface area (Å²) >= 11 is 0. The molecule has 1 aromatic heterocycles. The highest BCUT2D eigenvalue weighted by molar-refractivity contribution is 6.10. The molecule has 6 heteroatoms. The molecule has 2 aromatic carbocycles. The summed E-state index contributed by atoms with van der Waals surface area (Å²) < 4.78 is 10.6. The number of fused-ring (bicyclic) bond motifs is 3. The van der Waals surface area contributed by atoms with Crippen LogP contribution in [0.25, 0.3) is 21.7 Å². The van der Waals surface area contributed by atoms with Gasteiger partial charge in [-0.25, -0.2) is 0 Å². The summed E-state index contributed by atoms with van der Waals surface area (Å²) in [4.78, 5) is 23.5. The Morgan fingerprint density at radius 2 is 2.13 bits per heavy atom. The van der Waals surface area contributed by atoms with E-state index in [1.807, 2.05) is 30.3 Å². The van der Waals surface area contributed by atoms with Crippen molar-refractivity contribution in [3.05, 3.63) is 36.0 Å². The minimum atomic E-state index is -0.471. The third kappa shape index (κ3) is 2.14. The van der Waals surface area contributed by atoms with Gasteiger partial charge in [-0.1, -0.05) is 11.2 Å². The molecule has 1 fully saturated rings. The number of imide groups is 1. The molecule has 0 saturated carbocycles.